The van der Waals surface area contributed by atoms with Crippen molar-refractivity contribution in [1.82, 2.24) is 20.2 Å². The van der Waals surface area contributed by atoms with E-state index >= 15 is 0 Å². The van der Waals surface area contributed by atoms with Gasteiger partial charge >= 0.3 is 0 Å². The maximum absolute atomic E-state index is 6.12. The van der Waals surface area contributed by atoms with Crippen molar-refractivity contribution in [3.63, 3.8) is 0 Å². The van der Waals surface area contributed by atoms with Gasteiger partial charge in [0.05, 0.1) is 10.7 Å². The normalized spacial score (nSPS) is 10.6. The zero-order valence-corrected chi connectivity index (χ0v) is 11.6. The number of nitrogens with one attached hydrogen (secondary N) is 2. The molecule has 2 N–H and O–H groups in total. The fourth-order valence-electron chi connectivity index (χ4n) is 1.34. The number of aromatic nitrogens is 4. The molecule has 5 nitrogen and oxygen atoms in total. The summed E-state index contributed by atoms with van der Waals surface area (Å²) in [5.74, 6) is 1.52. The van der Waals surface area contributed by atoms with E-state index in [9.17, 15) is 0 Å². The molecule has 2 aromatic rings. The van der Waals surface area contributed by atoms with Gasteiger partial charge in [-0.25, -0.2) is 9.97 Å². The van der Waals surface area contributed by atoms with Gasteiger partial charge in [-0.05, 0) is 18.6 Å². The Morgan fingerprint density at radius 3 is 3.06 bits per heavy atom. The third kappa shape index (κ3) is 3.61. The monoisotopic (exact) mass is 283 g/mol. The number of rotatable bonds is 6. The Hall–Kier alpha value is -1.27. The first-order chi connectivity index (χ1) is 8.79. The van der Waals surface area contributed by atoms with Gasteiger partial charge in [0.2, 0.25) is 0 Å². The van der Waals surface area contributed by atoms with Crippen LogP contribution in [0.3, 0.4) is 0 Å². The van der Waals surface area contributed by atoms with Crippen LogP contribution in [0.1, 0.15) is 19.0 Å². The number of nitrogens with zero attached hydrogens (tertiary/aromatic N) is 3. The minimum atomic E-state index is 0.662. The highest BCUT2D eigenvalue weighted by atomic mass is 35.5. The molecule has 2 aromatic heterocycles. The van der Waals surface area contributed by atoms with Gasteiger partial charge in [-0.1, -0.05) is 30.3 Å². The van der Waals surface area contributed by atoms with Crippen LogP contribution in [0.25, 0.3) is 0 Å². The van der Waals surface area contributed by atoms with Gasteiger partial charge in [0.1, 0.15) is 12.1 Å². The number of thioether (sulfide) groups is 1. The SMILES string of the molecule is CCCNc1ccc(Cl)c(CSc2ncn[nH]2)n1. The Bertz CT molecular complexity index is 488. The van der Waals surface area contributed by atoms with Crippen molar-refractivity contribution in [2.75, 3.05) is 11.9 Å². The van der Waals surface area contributed by atoms with E-state index in [2.05, 4.69) is 32.4 Å². The second-order valence-electron chi connectivity index (χ2n) is 3.63. The molecule has 0 saturated heterocycles. The molecule has 96 valence electrons. The number of hydrogen-bond donors (Lipinski definition) is 2. The third-order valence-electron chi connectivity index (χ3n) is 2.21. The molecule has 0 aliphatic rings. The highest BCUT2D eigenvalue weighted by molar-refractivity contribution is 7.98. The van der Waals surface area contributed by atoms with E-state index < -0.39 is 0 Å². The summed E-state index contributed by atoms with van der Waals surface area (Å²) in [5, 5.41) is 11.3. The Morgan fingerprint density at radius 1 is 1.44 bits per heavy atom. The van der Waals surface area contributed by atoms with E-state index in [4.69, 9.17) is 11.6 Å². The molecule has 0 aliphatic carbocycles. The summed E-state index contributed by atoms with van der Waals surface area (Å²) in [5.41, 5.74) is 0.846. The summed E-state index contributed by atoms with van der Waals surface area (Å²) in [6.45, 7) is 3.02. The minimum Gasteiger partial charge on any atom is -0.370 e. The van der Waals surface area contributed by atoms with Crippen LogP contribution in [-0.2, 0) is 5.75 Å². The molecule has 7 heteroatoms. The largest absolute Gasteiger partial charge is 0.370 e. The van der Waals surface area contributed by atoms with Crippen LogP contribution in [0.15, 0.2) is 23.6 Å². The lowest BCUT2D eigenvalue weighted by Crippen LogP contribution is -2.03. The summed E-state index contributed by atoms with van der Waals surface area (Å²) >= 11 is 7.64. The van der Waals surface area contributed by atoms with Crippen LogP contribution in [0.5, 0.6) is 0 Å². The van der Waals surface area contributed by atoms with Crippen LogP contribution in [-0.4, -0.2) is 26.7 Å². The number of hydrogen-bond acceptors (Lipinski definition) is 5. The molecule has 0 spiro atoms. The Labute approximate surface area is 115 Å². The van der Waals surface area contributed by atoms with Gasteiger partial charge in [0.15, 0.2) is 5.16 Å². The smallest absolute Gasteiger partial charge is 0.183 e. The van der Waals surface area contributed by atoms with Gasteiger partial charge in [-0.15, -0.1) is 0 Å². The fourth-order valence-corrected chi connectivity index (χ4v) is 2.32. The molecule has 2 heterocycles. The van der Waals surface area contributed by atoms with Gasteiger partial charge < -0.3 is 5.32 Å². The average molecular weight is 284 g/mol. The first kappa shape index (κ1) is 13.2. The van der Waals surface area contributed by atoms with Crippen LogP contribution < -0.4 is 5.32 Å². The first-order valence-electron chi connectivity index (χ1n) is 5.67. The van der Waals surface area contributed by atoms with E-state index in [0.29, 0.717) is 10.8 Å². The maximum Gasteiger partial charge on any atom is 0.183 e. The molecule has 0 radical (unpaired) electrons. The molecule has 0 aromatic carbocycles. The van der Waals surface area contributed by atoms with Crippen molar-refractivity contribution in [2.45, 2.75) is 24.3 Å². The topological polar surface area (TPSA) is 66.5 Å². The van der Waals surface area contributed by atoms with Gasteiger partial charge in [-0.2, -0.15) is 5.10 Å². The van der Waals surface area contributed by atoms with Crippen molar-refractivity contribution < 1.29 is 0 Å². The van der Waals surface area contributed by atoms with Crippen molar-refractivity contribution in [2.24, 2.45) is 0 Å². The van der Waals surface area contributed by atoms with E-state index in [1.54, 1.807) is 0 Å². The van der Waals surface area contributed by atoms with E-state index in [0.717, 1.165) is 29.6 Å². The molecular weight excluding hydrogens is 270 g/mol. The summed E-state index contributed by atoms with van der Waals surface area (Å²) in [7, 11) is 0. The fraction of sp³-hybridized carbons (Fsp3) is 0.364. The number of halogens is 1. The summed E-state index contributed by atoms with van der Waals surface area (Å²) in [4.78, 5) is 8.53. The lowest BCUT2D eigenvalue weighted by atomic mass is 10.3. The number of H-pyrrole nitrogens is 1. The standard InChI is InChI=1S/C11H14ClN5S/c1-2-5-13-10-4-3-8(12)9(16-10)6-18-11-14-7-15-17-11/h3-4,7H,2,5-6H2,1H3,(H,13,16)(H,14,15,17). The molecule has 0 aliphatic heterocycles. The number of aromatic amines is 1. The molecule has 0 unspecified atom stereocenters. The minimum absolute atomic E-state index is 0.662. The molecule has 0 atom stereocenters. The lowest BCUT2D eigenvalue weighted by molar-refractivity contribution is 0.961. The van der Waals surface area contributed by atoms with E-state index in [1.807, 2.05) is 12.1 Å². The second-order valence-corrected chi connectivity index (χ2v) is 5.00. The predicted molar refractivity (Wildman–Crippen MR) is 74.0 cm³/mol. The van der Waals surface area contributed by atoms with Crippen LogP contribution in [0, 0.1) is 0 Å². The third-order valence-corrected chi connectivity index (χ3v) is 3.45. The van der Waals surface area contributed by atoms with Crippen molar-refractivity contribution in [3.05, 3.63) is 29.2 Å². The predicted octanol–water partition coefficient (Wildman–Crippen LogP) is 2.97. The van der Waals surface area contributed by atoms with E-state index in [1.165, 1.54) is 18.1 Å². The van der Waals surface area contributed by atoms with Crippen molar-refractivity contribution in [3.8, 4) is 0 Å². The molecule has 0 fully saturated rings. The Balaban J connectivity index is 2.01. The molecule has 0 amide bonds. The van der Waals surface area contributed by atoms with Crippen LogP contribution >= 0.6 is 23.4 Å². The van der Waals surface area contributed by atoms with Crippen LogP contribution in [0.2, 0.25) is 5.02 Å². The van der Waals surface area contributed by atoms with Gasteiger partial charge in [0, 0.05) is 12.3 Å². The molecule has 18 heavy (non-hydrogen) atoms. The lowest BCUT2D eigenvalue weighted by Gasteiger charge is -2.07. The zero-order valence-electron chi connectivity index (χ0n) is 9.98. The Morgan fingerprint density at radius 2 is 2.33 bits per heavy atom. The highest BCUT2D eigenvalue weighted by Gasteiger charge is 2.06. The first-order valence-corrected chi connectivity index (χ1v) is 7.03. The highest BCUT2D eigenvalue weighted by Crippen LogP contribution is 2.24. The maximum atomic E-state index is 6.12. The van der Waals surface area contributed by atoms with Crippen LogP contribution in [0.4, 0.5) is 5.82 Å². The number of anilines is 1. The number of pyridine rings is 1. The second kappa shape index (κ2) is 6.61. The van der Waals surface area contributed by atoms with Gasteiger partial charge in [-0.3, -0.25) is 5.10 Å². The average Bonchev–Trinajstić information content (AvgIpc) is 2.89. The van der Waals surface area contributed by atoms with Crippen molar-refractivity contribution in [1.29, 1.82) is 0 Å². The Kier molecular flexibility index (Phi) is 4.83. The zero-order chi connectivity index (χ0) is 12.8. The molecule has 0 bridgehead atoms. The molecule has 2 rings (SSSR count). The summed E-state index contributed by atoms with van der Waals surface area (Å²) < 4.78 is 0. The van der Waals surface area contributed by atoms with Gasteiger partial charge in [0.25, 0.3) is 0 Å². The summed E-state index contributed by atoms with van der Waals surface area (Å²) in [6, 6.07) is 3.75. The van der Waals surface area contributed by atoms with Crippen molar-refractivity contribution >= 4 is 29.2 Å². The summed E-state index contributed by atoms with van der Waals surface area (Å²) in [6.07, 6.45) is 2.54. The van der Waals surface area contributed by atoms with E-state index in [-0.39, 0.29) is 0 Å². The molecule has 0 saturated carbocycles. The quantitative estimate of drug-likeness (QED) is 0.798. The molecular formula is C11H14ClN5S.